The topological polar surface area (TPSA) is 85.8 Å². The maximum Gasteiger partial charge on any atom is 0.224 e. The minimum Gasteiger partial charge on any atom is -0.361 e. The van der Waals surface area contributed by atoms with Crippen LogP contribution in [0.1, 0.15) is 48.5 Å². The molecule has 2 aromatic heterocycles. The summed E-state index contributed by atoms with van der Waals surface area (Å²) in [7, 11) is 0. The second kappa shape index (κ2) is 8.14. The Labute approximate surface area is 168 Å². The lowest BCUT2D eigenvalue weighted by atomic mass is 10.1. The van der Waals surface area contributed by atoms with Crippen molar-refractivity contribution in [2.45, 2.75) is 58.9 Å². The highest BCUT2D eigenvalue weighted by atomic mass is 19.1. The van der Waals surface area contributed by atoms with Crippen molar-refractivity contribution in [3.05, 3.63) is 46.9 Å². The van der Waals surface area contributed by atoms with E-state index in [1.807, 2.05) is 18.4 Å². The third-order valence-corrected chi connectivity index (χ3v) is 5.38. The van der Waals surface area contributed by atoms with Crippen LogP contribution in [0.15, 0.2) is 22.7 Å². The molecular formula is C21H24FN5O2. The smallest absolute Gasteiger partial charge is 0.224 e. The number of fused-ring (bicyclic) bond motifs is 1. The number of aryl methyl sites for hydroxylation is 3. The Balaban J connectivity index is 1.50. The molecule has 0 saturated carbocycles. The molecule has 1 amide bonds. The van der Waals surface area contributed by atoms with Gasteiger partial charge in [-0.15, -0.1) is 10.2 Å². The Bertz CT molecular complexity index is 1020. The number of hydrogen-bond donors (Lipinski definition) is 1. The van der Waals surface area contributed by atoms with Crippen molar-refractivity contribution in [3.63, 3.8) is 0 Å². The first kappa shape index (κ1) is 19.3. The maximum absolute atomic E-state index is 14.6. The lowest BCUT2D eigenvalue weighted by Crippen LogP contribution is -2.13. The van der Waals surface area contributed by atoms with Gasteiger partial charge in [0.05, 0.1) is 11.3 Å². The number of halogens is 1. The average molecular weight is 397 g/mol. The number of hydrogen-bond acceptors (Lipinski definition) is 5. The van der Waals surface area contributed by atoms with Crippen LogP contribution >= 0.6 is 0 Å². The number of rotatable bonds is 5. The normalized spacial score (nSPS) is 13.8. The van der Waals surface area contributed by atoms with Crippen molar-refractivity contribution in [2.75, 3.05) is 5.32 Å². The van der Waals surface area contributed by atoms with E-state index in [0.29, 0.717) is 23.5 Å². The molecule has 0 aliphatic carbocycles. The summed E-state index contributed by atoms with van der Waals surface area (Å²) in [5.41, 5.74) is 2.64. The average Bonchev–Trinajstić information content (AvgIpc) is 3.15. The molecule has 8 heteroatoms. The molecule has 4 rings (SSSR count). The quantitative estimate of drug-likeness (QED) is 0.704. The number of anilines is 1. The Morgan fingerprint density at radius 1 is 1.24 bits per heavy atom. The van der Waals surface area contributed by atoms with Crippen LogP contribution in [-0.2, 0) is 24.2 Å². The standard InChI is InChI=1S/C21H24FN5O2/c1-13-16(14(2)29-26-13)8-10-20(28)23-15-7-9-18(22)17(12-15)21-25-24-19-6-4-3-5-11-27(19)21/h7,9,12H,3-6,8,10-11H2,1-2H3,(H,23,28). The van der Waals surface area contributed by atoms with E-state index in [1.165, 1.54) is 6.07 Å². The predicted molar refractivity (Wildman–Crippen MR) is 106 cm³/mol. The van der Waals surface area contributed by atoms with Crippen LogP contribution in [0.25, 0.3) is 11.4 Å². The van der Waals surface area contributed by atoms with Gasteiger partial charge in [0.1, 0.15) is 17.4 Å². The van der Waals surface area contributed by atoms with Crippen molar-refractivity contribution in [2.24, 2.45) is 0 Å². The number of nitrogens with one attached hydrogen (secondary N) is 1. The number of amides is 1. The molecule has 0 saturated heterocycles. The molecule has 0 spiro atoms. The van der Waals surface area contributed by atoms with E-state index in [9.17, 15) is 9.18 Å². The molecule has 0 bridgehead atoms. The maximum atomic E-state index is 14.6. The molecule has 1 aromatic carbocycles. The van der Waals surface area contributed by atoms with E-state index < -0.39 is 0 Å². The monoisotopic (exact) mass is 397 g/mol. The van der Waals surface area contributed by atoms with Crippen molar-refractivity contribution in [1.29, 1.82) is 0 Å². The van der Waals surface area contributed by atoms with Gasteiger partial charge in [-0.3, -0.25) is 4.79 Å². The fourth-order valence-electron chi connectivity index (χ4n) is 3.78. The van der Waals surface area contributed by atoms with Gasteiger partial charge in [-0.1, -0.05) is 11.6 Å². The van der Waals surface area contributed by atoms with Crippen LogP contribution < -0.4 is 5.32 Å². The third-order valence-electron chi connectivity index (χ3n) is 5.38. The lowest BCUT2D eigenvalue weighted by Gasteiger charge is -2.10. The number of carbonyl (C=O) groups is 1. The van der Waals surface area contributed by atoms with Gasteiger partial charge < -0.3 is 14.4 Å². The fourth-order valence-corrected chi connectivity index (χ4v) is 3.78. The first-order chi connectivity index (χ1) is 14.0. The SMILES string of the molecule is Cc1noc(C)c1CCC(=O)Nc1ccc(F)c(-c2nnc3n2CCCCC3)c1. The molecule has 1 aliphatic rings. The largest absolute Gasteiger partial charge is 0.361 e. The highest BCUT2D eigenvalue weighted by molar-refractivity contribution is 5.91. The Kier molecular flexibility index (Phi) is 5.42. The highest BCUT2D eigenvalue weighted by Crippen LogP contribution is 2.27. The van der Waals surface area contributed by atoms with Crippen LogP contribution in [0.5, 0.6) is 0 Å². The highest BCUT2D eigenvalue weighted by Gasteiger charge is 2.19. The molecule has 3 aromatic rings. The number of carbonyl (C=O) groups excluding carboxylic acids is 1. The first-order valence-corrected chi connectivity index (χ1v) is 9.96. The summed E-state index contributed by atoms with van der Waals surface area (Å²) < 4.78 is 21.7. The van der Waals surface area contributed by atoms with Crippen molar-refractivity contribution < 1.29 is 13.7 Å². The van der Waals surface area contributed by atoms with Crippen molar-refractivity contribution in [1.82, 2.24) is 19.9 Å². The minimum absolute atomic E-state index is 0.150. The molecule has 0 unspecified atom stereocenters. The molecule has 1 N–H and O–H groups in total. The van der Waals surface area contributed by atoms with E-state index in [-0.39, 0.29) is 18.1 Å². The number of nitrogens with zero attached hydrogens (tertiary/aromatic N) is 4. The fraction of sp³-hybridized carbons (Fsp3) is 0.429. The first-order valence-electron chi connectivity index (χ1n) is 9.96. The minimum atomic E-state index is -0.377. The van der Waals surface area contributed by atoms with Gasteiger partial charge in [0.15, 0.2) is 5.82 Å². The molecular weight excluding hydrogens is 373 g/mol. The van der Waals surface area contributed by atoms with Gasteiger partial charge in [-0.25, -0.2) is 4.39 Å². The second-order valence-electron chi connectivity index (χ2n) is 7.45. The molecule has 0 radical (unpaired) electrons. The summed E-state index contributed by atoms with van der Waals surface area (Å²) in [6.07, 6.45) is 4.91. The van der Waals surface area contributed by atoms with Crippen LogP contribution in [-0.4, -0.2) is 25.8 Å². The number of aromatic nitrogens is 4. The van der Waals surface area contributed by atoms with Crippen LogP contribution in [0, 0.1) is 19.7 Å². The third kappa shape index (κ3) is 4.06. The Morgan fingerprint density at radius 3 is 2.90 bits per heavy atom. The molecule has 29 heavy (non-hydrogen) atoms. The van der Waals surface area contributed by atoms with Gasteiger partial charge >= 0.3 is 0 Å². The second-order valence-corrected chi connectivity index (χ2v) is 7.45. The summed E-state index contributed by atoms with van der Waals surface area (Å²) in [6.45, 7) is 4.48. The summed E-state index contributed by atoms with van der Waals surface area (Å²) in [5.74, 6) is 1.62. The van der Waals surface area contributed by atoms with Crippen LogP contribution in [0.2, 0.25) is 0 Å². The zero-order valence-electron chi connectivity index (χ0n) is 16.7. The van der Waals surface area contributed by atoms with E-state index in [1.54, 1.807) is 12.1 Å². The predicted octanol–water partition coefficient (Wildman–Crippen LogP) is 3.99. The van der Waals surface area contributed by atoms with Crippen LogP contribution in [0.3, 0.4) is 0 Å². The molecule has 0 atom stereocenters. The molecule has 7 nitrogen and oxygen atoms in total. The van der Waals surface area contributed by atoms with E-state index in [2.05, 4.69) is 20.7 Å². The van der Waals surface area contributed by atoms with E-state index in [4.69, 9.17) is 4.52 Å². The summed E-state index contributed by atoms with van der Waals surface area (Å²) in [5, 5.41) is 15.2. The van der Waals surface area contributed by atoms with Crippen molar-refractivity contribution in [3.8, 4) is 11.4 Å². The van der Waals surface area contributed by atoms with Gasteiger partial charge in [0.25, 0.3) is 0 Å². The van der Waals surface area contributed by atoms with Crippen LogP contribution in [0.4, 0.5) is 10.1 Å². The zero-order valence-corrected chi connectivity index (χ0v) is 16.7. The Morgan fingerprint density at radius 2 is 2.10 bits per heavy atom. The summed E-state index contributed by atoms with van der Waals surface area (Å²) in [4.78, 5) is 12.4. The van der Waals surface area contributed by atoms with Gasteiger partial charge in [-0.05, 0) is 51.3 Å². The number of benzene rings is 1. The molecule has 152 valence electrons. The van der Waals surface area contributed by atoms with E-state index in [0.717, 1.165) is 55.1 Å². The summed E-state index contributed by atoms with van der Waals surface area (Å²) >= 11 is 0. The zero-order chi connectivity index (χ0) is 20.4. The molecule has 1 aliphatic heterocycles. The molecule has 0 fully saturated rings. The summed E-state index contributed by atoms with van der Waals surface area (Å²) in [6, 6.07) is 4.55. The van der Waals surface area contributed by atoms with Gasteiger partial charge in [-0.2, -0.15) is 0 Å². The molecule has 3 heterocycles. The van der Waals surface area contributed by atoms with Gasteiger partial charge in [0.2, 0.25) is 5.91 Å². The lowest BCUT2D eigenvalue weighted by molar-refractivity contribution is -0.116. The van der Waals surface area contributed by atoms with Crippen molar-refractivity contribution >= 4 is 11.6 Å². The van der Waals surface area contributed by atoms with E-state index >= 15 is 0 Å². The Hall–Kier alpha value is -3.03. The van der Waals surface area contributed by atoms with Gasteiger partial charge in [0, 0.05) is 30.6 Å².